The number of carbonyl (C=O) groups is 2. The molecule has 200 valence electrons. The molecule has 4 rings (SSSR count). The van der Waals surface area contributed by atoms with Crippen molar-refractivity contribution in [3.8, 4) is 0 Å². The molecule has 1 aliphatic carbocycles. The quantitative estimate of drug-likeness (QED) is 0.352. The first-order valence-corrected chi connectivity index (χ1v) is 14.2. The summed E-state index contributed by atoms with van der Waals surface area (Å²) in [6, 6.07) is 8.98. The number of rotatable bonds is 6. The molecule has 1 atom stereocenters. The van der Waals surface area contributed by atoms with E-state index in [0.717, 1.165) is 27.1 Å². The molecule has 0 fully saturated rings. The maximum atomic E-state index is 13.2. The maximum absolute atomic E-state index is 13.2. The summed E-state index contributed by atoms with van der Waals surface area (Å²) in [5.41, 5.74) is 0.918. The Hall–Kier alpha value is -2.30. The summed E-state index contributed by atoms with van der Waals surface area (Å²) >= 11 is 4.91. The van der Waals surface area contributed by atoms with Crippen LogP contribution >= 0.6 is 27.7 Å². The number of nitrogens with one attached hydrogen (secondary N) is 1. The summed E-state index contributed by atoms with van der Waals surface area (Å²) in [6.07, 6.45) is -2.11. The molecule has 1 N–H and O–H groups in total. The third-order valence-corrected chi connectivity index (χ3v) is 7.80. The SMILES string of the molecule is CCN(CC)CC.CSc1cc(Br)ccc1C1NC(=O)N(c2cccc(C(F)(F)F)c2)C2=C1C(=O)CC2. The Morgan fingerprint density at radius 1 is 1.05 bits per heavy atom. The lowest BCUT2D eigenvalue weighted by molar-refractivity contribution is -0.137. The van der Waals surface area contributed by atoms with Crippen LogP contribution in [0.15, 0.2) is 63.1 Å². The van der Waals surface area contributed by atoms with Crippen LogP contribution in [0.1, 0.15) is 50.8 Å². The lowest BCUT2D eigenvalue weighted by Gasteiger charge is -2.35. The molecule has 0 bridgehead atoms. The third-order valence-electron chi connectivity index (χ3n) is 6.51. The van der Waals surface area contributed by atoms with E-state index in [9.17, 15) is 22.8 Å². The van der Waals surface area contributed by atoms with Gasteiger partial charge in [-0.05, 0) is 68.2 Å². The summed E-state index contributed by atoms with van der Waals surface area (Å²) < 4.78 is 40.4. The first-order valence-electron chi connectivity index (χ1n) is 12.1. The Morgan fingerprint density at radius 3 is 2.30 bits per heavy atom. The van der Waals surface area contributed by atoms with Crippen LogP contribution in [0.2, 0.25) is 0 Å². The minimum atomic E-state index is -4.53. The fourth-order valence-corrected chi connectivity index (χ4v) is 5.71. The number of alkyl halides is 3. The number of amides is 2. The van der Waals surface area contributed by atoms with Crippen LogP contribution < -0.4 is 10.2 Å². The molecule has 0 aromatic heterocycles. The number of nitrogens with zero attached hydrogens (tertiary/aromatic N) is 2. The van der Waals surface area contributed by atoms with E-state index in [2.05, 4.69) is 46.9 Å². The molecule has 2 aromatic carbocycles. The molecule has 0 radical (unpaired) electrons. The van der Waals surface area contributed by atoms with Crippen molar-refractivity contribution in [3.05, 3.63) is 69.3 Å². The molecule has 1 aliphatic heterocycles. The minimum Gasteiger partial charge on any atom is -0.326 e. The van der Waals surface area contributed by atoms with Crippen molar-refractivity contribution in [2.45, 2.75) is 50.7 Å². The highest BCUT2D eigenvalue weighted by molar-refractivity contribution is 9.10. The van der Waals surface area contributed by atoms with E-state index in [1.807, 2.05) is 24.5 Å². The molecule has 1 unspecified atom stereocenters. The Kier molecular flexibility index (Phi) is 9.88. The fraction of sp³-hybridized carbons (Fsp3) is 0.407. The Morgan fingerprint density at radius 2 is 1.73 bits per heavy atom. The van der Waals surface area contributed by atoms with Gasteiger partial charge in [-0.25, -0.2) is 4.79 Å². The molecular formula is C27H31BrF3N3O2S. The molecular weight excluding hydrogens is 567 g/mol. The zero-order valence-electron chi connectivity index (χ0n) is 21.3. The smallest absolute Gasteiger partial charge is 0.326 e. The highest BCUT2D eigenvalue weighted by Gasteiger charge is 2.42. The minimum absolute atomic E-state index is 0.0869. The highest BCUT2D eigenvalue weighted by Crippen LogP contribution is 2.43. The molecule has 5 nitrogen and oxygen atoms in total. The van der Waals surface area contributed by atoms with Crippen LogP contribution in [-0.2, 0) is 11.0 Å². The van der Waals surface area contributed by atoms with Gasteiger partial charge in [0.15, 0.2) is 5.78 Å². The molecule has 0 saturated carbocycles. The first-order chi connectivity index (χ1) is 17.5. The number of carbonyl (C=O) groups excluding carboxylic acids is 2. The van der Waals surface area contributed by atoms with Gasteiger partial charge in [-0.15, -0.1) is 11.8 Å². The number of thioether (sulfide) groups is 1. The molecule has 1 heterocycles. The third kappa shape index (κ3) is 6.59. The number of Topliss-reactive ketones (excluding diaryl/α,β-unsaturated/α-hetero) is 1. The van der Waals surface area contributed by atoms with Gasteiger partial charge in [-0.1, -0.05) is 48.8 Å². The number of benzene rings is 2. The lowest BCUT2D eigenvalue weighted by atomic mass is 9.94. The lowest BCUT2D eigenvalue weighted by Crippen LogP contribution is -2.47. The molecule has 10 heteroatoms. The van der Waals surface area contributed by atoms with Crippen molar-refractivity contribution in [3.63, 3.8) is 0 Å². The van der Waals surface area contributed by atoms with E-state index in [4.69, 9.17) is 0 Å². The van der Waals surface area contributed by atoms with Crippen LogP contribution in [0.4, 0.5) is 23.7 Å². The highest BCUT2D eigenvalue weighted by atomic mass is 79.9. The van der Waals surface area contributed by atoms with E-state index in [-0.39, 0.29) is 17.9 Å². The monoisotopic (exact) mass is 597 g/mol. The number of ketones is 1. The van der Waals surface area contributed by atoms with Crippen molar-refractivity contribution >= 4 is 45.2 Å². The summed E-state index contributed by atoms with van der Waals surface area (Å²) in [5.74, 6) is -0.109. The zero-order chi connectivity index (χ0) is 27.3. The molecule has 2 amide bonds. The standard InChI is InChI=1S/C21H16BrF3N2O2S.C6H15N/c1-30-17-10-12(22)5-6-14(17)19-18-15(7-8-16(18)28)27(20(29)26-19)13-4-2-3-11(9-13)21(23,24)25;1-4-7(5-2)6-3/h2-6,9-10,19H,7-8H2,1H3,(H,26,29);4-6H2,1-3H3. The predicted molar refractivity (Wildman–Crippen MR) is 146 cm³/mol. The van der Waals surface area contributed by atoms with Gasteiger partial charge in [0, 0.05) is 27.1 Å². The fourth-order valence-electron chi connectivity index (χ4n) is 4.53. The Labute approximate surface area is 228 Å². The second-order valence-electron chi connectivity index (χ2n) is 8.56. The van der Waals surface area contributed by atoms with Crippen LogP contribution in [-0.4, -0.2) is 42.6 Å². The summed E-state index contributed by atoms with van der Waals surface area (Å²) in [5, 5.41) is 2.83. The number of allylic oxidation sites excluding steroid dienone is 1. The van der Waals surface area contributed by atoms with Gasteiger partial charge in [0.1, 0.15) is 0 Å². The van der Waals surface area contributed by atoms with Gasteiger partial charge >= 0.3 is 12.2 Å². The van der Waals surface area contributed by atoms with E-state index in [1.165, 1.54) is 48.4 Å². The molecule has 2 aromatic rings. The average Bonchev–Trinajstić information content (AvgIpc) is 3.25. The largest absolute Gasteiger partial charge is 0.416 e. The first kappa shape index (κ1) is 29.3. The Balaban J connectivity index is 0.000000479. The number of urea groups is 1. The maximum Gasteiger partial charge on any atom is 0.416 e. The van der Waals surface area contributed by atoms with Gasteiger partial charge in [0.05, 0.1) is 17.3 Å². The number of hydrogen-bond donors (Lipinski definition) is 1. The Bertz CT molecular complexity index is 1180. The topological polar surface area (TPSA) is 52.7 Å². The molecule has 2 aliphatic rings. The van der Waals surface area contributed by atoms with Crippen LogP contribution in [0.5, 0.6) is 0 Å². The number of halogens is 4. The van der Waals surface area contributed by atoms with Gasteiger partial charge in [0.2, 0.25) is 0 Å². The van der Waals surface area contributed by atoms with Crippen LogP contribution in [0, 0.1) is 0 Å². The average molecular weight is 599 g/mol. The number of hydrogen-bond acceptors (Lipinski definition) is 4. The van der Waals surface area contributed by atoms with E-state index in [0.29, 0.717) is 17.7 Å². The molecule has 0 spiro atoms. The normalized spacial score (nSPS) is 17.5. The zero-order valence-corrected chi connectivity index (χ0v) is 23.7. The summed E-state index contributed by atoms with van der Waals surface area (Å²) in [4.78, 5) is 30.2. The van der Waals surface area contributed by atoms with Crippen molar-refractivity contribution in [2.75, 3.05) is 30.8 Å². The van der Waals surface area contributed by atoms with Gasteiger partial charge in [0.25, 0.3) is 0 Å². The van der Waals surface area contributed by atoms with Crippen molar-refractivity contribution in [1.82, 2.24) is 10.2 Å². The number of anilines is 1. The second-order valence-corrected chi connectivity index (χ2v) is 10.3. The van der Waals surface area contributed by atoms with Crippen molar-refractivity contribution < 1.29 is 22.8 Å². The summed E-state index contributed by atoms with van der Waals surface area (Å²) in [7, 11) is 0. The van der Waals surface area contributed by atoms with Crippen molar-refractivity contribution in [1.29, 1.82) is 0 Å². The van der Waals surface area contributed by atoms with Crippen LogP contribution in [0.25, 0.3) is 0 Å². The van der Waals surface area contributed by atoms with Crippen molar-refractivity contribution in [2.24, 2.45) is 0 Å². The second kappa shape index (κ2) is 12.5. The van der Waals surface area contributed by atoms with E-state index < -0.39 is 23.8 Å². The van der Waals surface area contributed by atoms with Gasteiger partial charge in [-0.3, -0.25) is 9.69 Å². The summed E-state index contributed by atoms with van der Waals surface area (Å²) in [6.45, 7) is 10.1. The predicted octanol–water partition coefficient (Wildman–Crippen LogP) is 7.43. The van der Waals surface area contributed by atoms with Gasteiger partial charge in [-0.2, -0.15) is 13.2 Å². The van der Waals surface area contributed by atoms with E-state index >= 15 is 0 Å². The van der Waals surface area contributed by atoms with Crippen LogP contribution in [0.3, 0.4) is 0 Å². The van der Waals surface area contributed by atoms with Gasteiger partial charge < -0.3 is 10.2 Å². The van der Waals surface area contributed by atoms with E-state index in [1.54, 1.807) is 0 Å². The molecule has 37 heavy (non-hydrogen) atoms. The molecule has 0 saturated heterocycles.